The van der Waals surface area contributed by atoms with Crippen molar-refractivity contribution < 1.29 is 13.2 Å². The van der Waals surface area contributed by atoms with Crippen molar-refractivity contribution in [2.45, 2.75) is 32.2 Å². The molecule has 29 heavy (non-hydrogen) atoms. The van der Waals surface area contributed by atoms with Crippen LogP contribution in [0.4, 0.5) is 0 Å². The number of nitrogens with one attached hydrogen (secondary N) is 2. The van der Waals surface area contributed by atoms with Crippen molar-refractivity contribution in [3.05, 3.63) is 44.3 Å². The molecule has 2 N–H and O–H groups in total. The first-order chi connectivity index (χ1) is 13.8. The van der Waals surface area contributed by atoms with Gasteiger partial charge < -0.3 is 5.32 Å². The molecule has 1 aliphatic rings. The number of hydrogen-bond donors (Lipinski definition) is 2. The first-order valence-corrected chi connectivity index (χ1v) is 13.5. The fourth-order valence-electron chi connectivity index (χ4n) is 3.50. The topological polar surface area (TPSA) is 78.5 Å². The number of rotatable bonds is 9. The lowest BCUT2D eigenvalue weighted by molar-refractivity contribution is 0.0919. The second-order valence-electron chi connectivity index (χ2n) is 7.64. The van der Waals surface area contributed by atoms with Gasteiger partial charge in [0.15, 0.2) is 0 Å². The van der Waals surface area contributed by atoms with Gasteiger partial charge in [-0.25, -0.2) is 13.1 Å². The molecule has 0 aromatic carbocycles. The molecule has 0 bridgehead atoms. The van der Waals surface area contributed by atoms with Crippen molar-refractivity contribution in [1.29, 1.82) is 0 Å². The van der Waals surface area contributed by atoms with E-state index in [9.17, 15) is 13.2 Å². The van der Waals surface area contributed by atoms with Gasteiger partial charge in [-0.2, -0.15) is 0 Å². The van der Waals surface area contributed by atoms with Gasteiger partial charge in [0.2, 0.25) is 10.0 Å². The zero-order valence-electron chi connectivity index (χ0n) is 16.9. The molecule has 1 unspecified atom stereocenters. The maximum absolute atomic E-state index is 12.7. The maximum Gasteiger partial charge on any atom is 0.261 e. The van der Waals surface area contributed by atoms with E-state index in [0.717, 1.165) is 30.1 Å². The summed E-state index contributed by atoms with van der Waals surface area (Å²) in [5.74, 6) is 0.704. The van der Waals surface area contributed by atoms with E-state index >= 15 is 0 Å². The number of carbonyl (C=O) groups excluding carboxylic acids is 1. The Hall–Kier alpha value is -1.26. The normalized spacial score (nSPS) is 17.3. The summed E-state index contributed by atoms with van der Waals surface area (Å²) in [6.45, 7) is 5.37. The third-order valence-electron chi connectivity index (χ3n) is 5.21. The number of amides is 1. The Balaban J connectivity index is 1.56. The van der Waals surface area contributed by atoms with E-state index in [1.54, 1.807) is 11.3 Å². The summed E-state index contributed by atoms with van der Waals surface area (Å²) < 4.78 is 24.8. The molecular weight excluding hydrogens is 426 g/mol. The molecule has 3 rings (SSSR count). The van der Waals surface area contributed by atoms with E-state index < -0.39 is 10.0 Å². The predicted octanol–water partition coefficient (Wildman–Crippen LogP) is 3.10. The summed E-state index contributed by atoms with van der Waals surface area (Å²) in [7, 11) is -3.19. The second-order valence-corrected chi connectivity index (χ2v) is 11.6. The molecule has 1 saturated heterocycles. The third-order valence-corrected chi connectivity index (χ3v) is 8.05. The molecule has 2 aromatic rings. The van der Waals surface area contributed by atoms with E-state index in [0.29, 0.717) is 24.4 Å². The van der Waals surface area contributed by atoms with Crippen LogP contribution in [0.2, 0.25) is 0 Å². The van der Waals surface area contributed by atoms with Crippen LogP contribution < -0.4 is 10.0 Å². The minimum absolute atomic E-state index is 0.0655. The van der Waals surface area contributed by atoms with Gasteiger partial charge in [-0.1, -0.05) is 13.0 Å². The number of thiophene rings is 2. The minimum atomic E-state index is -3.19. The molecule has 0 aliphatic carbocycles. The molecule has 6 nitrogen and oxygen atoms in total. The molecule has 2 aromatic heterocycles. The first-order valence-electron chi connectivity index (χ1n) is 9.91. The van der Waals surface area contributed by atoms with Gasteiger partial charge in [0.25, 0.3) is 5.91 Å². The van der Waals surface area contributed by atoms with Crippen molar-refractivity contribution >= 4 is 38.6 Å². The average Bonchev–Trinajstić information content (AvgIpc) is 3.34. The number of hydrogen-bond acceptors (Lipinski definition) is 6. The van der Waals surface area contributed by atoms with Crippen LogP contribution in [0.3, 0.4) is 0 Å². The minimum Gasteiger partial charge on any atom is -0.349 e. The van der Waals surface area contributed by atoms with Crippen LogP contribution in [-0.4, -0.2) is 51.7 Å². The molecule has 0 radical (unpaired) electrons. The Morgan fingerprint density at radius 2 is 2.03 bits per heavy atom. The Kier molecular flexibility index (Phi) is 7.86. The molecule has 0 saturated carbocycles. The molecule has 3 heterocycles. The molecule has 1 amide bonds. The summed E-state index contributed by atoms with van der Waals surface area (Å²) in [6.07, 6.45) is 4.12. The lowest BCUT2D eigenvalue weighted by Gasteiger charge is -2.36. The van der Waals surface area contributed by atoms with Crippen LogP contribution in [0.1, 0.15) is 45.2 Å². The standard InChI is InChI=1S/C20H29N3O3S3/c1-15-8-11-23(12-9-15)17(18-4-3-13-27-18)14-21-20(24)19-6-5-16(28-19)7-10-22-29(2,25)26/h3-6,13,15,17,22H,7-12,14H2,1-2H3,(H,21,24). The van der Waals surface area contributed by atoms with E-state index in [4.69, 9.17) is 0 Å². The summed E-state index contributed by atoms with van der Waals surface area (Å²) in [5.41, 5.74) is 0. The van der Waals surface area contributed by atoms with Crippen LogP contribution in [0.25, 0.3) is 0 Å². The van der Waals surface area contributed by atoms with Gasteiger partial charge in [0, 0.05) is 22.8 Å². The van der Waals surface area contributed by atoms with Crippen LogP contribution in [0.15, 0.2) is 29.6 Å². The molecule has 9 heteroatoms. The molecule has 1 fully saturated rings. The van der Waals surface area contributed by atoms with E-state index in [2.05, 4.69) is 39.4 Å². The smallest absolute Gasteiger partial charge is 0.261 e. The highest BCUT2D eigenvalue weighted by Gasteiger charge is 2.26. The van der Waals surface area contributed by atoms with Gasteiger partial charge in [-0.3, -0.25) is 9.69 Å². The predicted molar refractivity (Wildman–Crippen MR) is 120 cm³/mol. The van der Waals surface area contributed by atoms with Gasteiger partial charge in [0.05, 0.1) is 17.2 Å². The van der Waals surface area contributed by atoms with Gasteiger partial charge in [-0.15, -0.1) is 22.7 Å². The summed E-state index contributed by atoms with van der Waals surface area (Å²) in [6, 6.07) is 8.14. The van der Waals surface area contributed by atoms with Crippen molar-refractivity contribution in [1.82, 2.24) is 14.9 Å². The molecular formula is C20H29N3O3S3. The lowest BCUT2D eigenvalue weighted by atomic mass is 9.97. The lowest BCUT2D eigenvalue weighted by Crippen LogP contribution is -2.41. The number of sulfonamides is 1. The monoisotopic (exact) mass is 455 g/mol. The van der Waals surface area contributed by atoms with E-state index in [1.165, 1.54) is 29.1 Å². The van der Waals surface area contributed by atoms with Crippen LogP contribution >= 0.6 is 22.7 Å². The van der Waals surface area contributed by atoms with E-state index in [1.807, 2.05) is 12.1 Å². The van der Waals surface area contributed by atoms with Crippen molar-refractivity contribution in [2.75, 3.05) is 32.4 Å². The van der Waals surface area contributed by atoms with Crippen LogP contribution in [-0.2, 0) is 16.4 Å². The first kappa shape index (κ1) is 22.4. The number of carbonyl (C=O) groups is 1. The Labute approximate surface area is 181 Å². The summed E-state index contributed by atoms with van der Waals surface area (Å²) in [4.78, 5) is 18.1. The highest BCUT2D eigenvalue weighted by atomic mass is 32.2. The number of nitrogens with zero attached hydrogens (tertiary/aromatic N) is 1. The fourth-order valence-corrected chi connectivity index (χ4v) is 5.76. The number of piperidine rings is 1. The second kappa shape index (κ2) is 10.2. The highest BCUT2D eigenvalue weighted by Crippen LogP contribution is 2.29. The fraction of sp³-hybridized carbons (Fsp3) is 0.550. The van der Waals surface area contributed by atoms with Crippen LogP contribution in [0.5, 0.6) is 0 Å². The quantitative estimate of drug-likeness (QED) is 0.609. The molecule has 1 atom stereocenters. The molecule has 160 valence electrons. The summed E-state index contributed by atoms with van der Waals surface area (Å²) >= 11 is 3.16. The van der Waals surface area contributed by atoms with Gasteiger partial charge >= 0.3 is 0 Å². The SMILES string of the molecule is CC1CCN(C(CNC(=O)c2ccc(CCNS(C)(=O)=O)s2)c2cccs2)CC1. The van der Waals surface area contributed by atoms with Crippen molar-refractivity contribution in [3.63, 3.8) is 0 Å². The van der Waals surface area contributed by atoms with Gasteiger partial charge in [-0.05, 0) is 61.8 Å². The van der Waals surface area contributed by atoms with Crippen LogP contribution in [0, 0.1) is 5.92 Å². The van der Waals surface area contributed by atoms with Crippen molar-refractivity contribution in [2.24, 2.45) is 5.92 Å². The number of likely N-dealkylation sites (tertiary alicyclic amines) is 1. The van der Waals surface area contributed by atoms with E-state index in [-0.39, 0.29) is 11.9 Å². The Morgan fingerprint density at radius 1 is 1.28 bits per heavy atom. The van der Waals surface area contributed by atoms with Gasteiger partial charge in [0.1, 0.15) is 0 Å². The average molecular weight is 456 g/mol. The Morgan fingerprint density at radius 3 is 2.69 bits per heavy atom. The third kappa shape index (κ3) is 6.89. The maximum atomic E-state index is 12.7. The van der Waals surface area contributed by atoms with Crippen molar-refractivity contribution in [3.8, 4) is 0 Å². The zero-order valence-corrected chi connectivity index (χ0v) is 19.3. The Bertz CT molecular complexity index is 885. The largest absolute Gasteiger partial charge is 0.349 e. The zero-order chi connectivity index (χ0) is 20.9. The molecule has 0 spiro atoms. The highest BCUT2D eigenvalue weighted by molar-refractivity contribution is 7.88. The molecule has 1 aliphatic heterocycles. The summed E-state index contributed by atoms with van der Waals surface area (Å²) in [5, 5.41) is 5.20.